The summed E-state index contributed by atoms with van der Waals surface area (Å²) in [5.74, 6) is 1.34. The lowest BCUT2D eigenvalue weighted by molar-refractivity contribution is 1.18. The Morgan fingerprint density at radius 3 is 1.63 bits per heavy atom. The number of hydrogen-bond acceptors (Lipinski definition) is 5. The molecule has 0 fully saturated rings. The highest BCUT2D eigenvalue weighted by molar-refractivity contribution is 7.25. The molecule has 8 aromatic carbocycles. The van der Waals surface area contributed by atoms with E-state index in [0.717, 1.165) is 66.2 Å². The highest BCUT2D eigenvalue weighted by Crippen LogP contribution is 2.42. The minimum absolute atomic E-state index is 0.668. The van der Waals surface area contributed by atoms with Crippen molar-refractivity contribution in [2.24, 2.45) is 0 Å². The summed E-state index contributed by atoms with van der Waals surface area (Å²) in [4.78, 5) is 22.1. The van der Waals surface area contributed by atoms with Gasteiger partial charge in [0.25, 0.3) is 0 Å². The predicted molar refractivity (Wildman–Crippen MR) is 238 cm³/mol. The lowest BCUT2D eigenvalue weighted by Crippen LogP contribution is -1.98. The van der Waals surface area contributed by atoms with Gasteiger partial charge in [-0.1, -0.05) is 158 Å². The lowest BCUT2D eigenvalue weighted by atomic mass is 9.91. The lowest BCUT2D eigenvalue weighted by Gasteiger charge is -2.15. The highest BCUT2D eigenvalue weighted by Gasteiger charge is 2.20. The SMILES string of the molecule is c1ccc(-c2cc(-c3cc(-c4nc(-c5ccccc5)c5c(n4)sc4ccccc45)cc(-c4cc5ccccc5c5ccccc45)c3)nc(-c3ccccc3)n2)cc1. The summed E-state index contributed by atoms with van der Waals surface area (Å²) in [6.07, 6.45) is 0. The van der Waals surface area contributed by atoms with Gasteiger partial charge in [-0.25, -0.2) is 19.9 Å². The first-order valence-electron chi connectivity index (χ1n) is 19.0. The topological polar surface area (TPSA) is 51.6 Å². The van der Waals surface area contributed by atoms with Gasteiger partial charge in [-0.2, -0.15) is 0 Å². The van der Waals surface area contributed by atoms with Crippen LogP contribution in [0.4, 0.5) is 0 Å². The molecule has 0 spiro atoms. The molecule has 0 unspecified atom stereocenters. The molecule has 0 atom stereocenters. The van der Waals surface area contributed by atoms with E-state index in [4.69, 9.17) is 19.9 Å². The van der Waals surface area contributed by atoms with Gasteiger partial charge in [-0.3, -0.25) is 0 Å². The minimum Gasteiger partial charge on any atom is -0.228 e. The van der Waals surface area contributed by atoms with E-state index in [1.807, 2.05) is 30.3 Å². The predicted octanol–water partition coefficient (Wildman–Crippen LogP) is 13.9. The maximum absolute atomic E-state index is 5.44. The molecule has 5 heteroatoms. The molecule has 3 heterocycles. The van der Waals surface area contributed by atoms with Crippen LogP contribution in [0.3, 0.4) is 0 Å². The van der Waals surface area contributed by atoms with Gasteiger partial charge in [-0.05, 0) is 69.1 Å². The van der Waals surface area contributed by atoms with Crippen molar-refractivity contribution in [1.29, 1.82) is 0 Å². The Bertz CT molecular complexity index is 3230. The van der Waals surface area contributed by atoms with E-state index in [1.165, 1.54) is 31.6 Å². The van der Waals surface area contributed by atoms with Crippen LogP contribution in [-0.2, 0) is 0 Å². The Morgan fingerprint density at radius 1 is 0.333 bits per heavy atom. The molecule has 0 saturated heterocycles. The first kappa shape index (κ1) is 33.0. The van der Waals surface area contributed by atoms with Crippen molar-refractivity contribution in [2.45, 2.75) is 0 Å². The number of rotatable bonds is 6. The zero-order chi connectivity index (χ0) is 37.7. The maximum Gasteiger partial charge on any atom is 0.161 e. The van der Waals surface area contributed by atoms with E-state index in [0.29, 0.717) is 11.6 Å². The third kappa shape index (κ3) is 5.93. The Balaban J connectivity index is 1.21. The van der Waals surface area contributed by atoms with E-state index < -0.39 is 0 Å². The third-order valence-electron chi connectivity index (χ3n) is 10.7. The van der Waals surface area contributed by atoms with E-state index in [9.17, 15) is 0 Å². The Morgan fingerprint density at radius 2 is 0.877 bits per heavy atom. The second-order valence-corrected chi connectivity index (χ2v) is 15.3. The van der Waals surface area contributed by atoms with E-state index in [-0.39, 0.29) is 0 Å². The van der Waals surface area contributed by atoms with Crippen LogP contribution < -0.4 is 0 Å². The molecular weight excluding hydrogens is 713 g/mol. The molecule has 0 N–H and O–H groups in total. The van der Waals surface area contributed by atoms with E-state index >= 15 is 0 Å². The smallest absolute Gasteiger partial charge is 0.161 e. The molecule has 3 aromatic heterocycles. The summed E-state index contributed by atoms with van der Waals surface area (Å²) < 4.78 is 1.19. The fraction of sp³-hybridized carbons (Fsp3) is 0. The van der Waals surface area contributed by atoms with Crippen molar-refractivity contribution in [1.82, 2.24) is 19.9 Å². The molecule has 0 radical (unpaired) electrons. The number of hydrogen-bond donors (Lipinski definition) is 0. The third-order valence-corrected chi connectivity index (χ3v) is 11.7. The van der Waals surface area contributed by atoms with E-state index in [1.54, 1.807) is 11.3 Å². The van der Waals surface area contributed by atoms with Gasteiger partial charge >= 0.3 is 0 Å². The highest BCUT2D eigenvalue weighted by atomic mass is 32.1. The first-order chi connectivity index (χ1) is 28.2. The number of benzene rings is 8. The molecule has 57 heavy (non-hydrogen) atoms. The van der Waals surface area contributed by atoms with Crippen molar-refractivity contribution < 1.29 is 0 Å². The molecule has 0 aliphatic rings. The van der Waals surface area contributed by atoms with Gasteiger partial charge in [-0.15, -0.1) is 11.3 Å². The Hall–Kier alpha value is -7.34. The van der Waals surface area contributed by atoms with Crippen LogP contribution in [0.15, 0.2) is 194 Å². The molecular formula is C52H32N4S. The molecule has 0 bridgehead atoms. The minimum atomic E-state index is 0.668. The summed E-state index contributed by atoms with van der Waals surface area (Å²) in [5.41, 5.74) is 9.72. The number of fused-ring (bicyclic) bond motifs is 6. The van der Waals surface area contributed by atoms with Crippen molar-refractivity contribution >= 4 is 53.2 Å². The summed E-state index contributed by atoms with van der Waals surface area (Å²) in [5, 5.41) is 7.07. The quantitative estimate of drug-likeness (QED) is 0.159. The average molecular weight is 745 g/mol. The fourth-order valence-electron chi connectivity index (χ4n) is 7.98. The zero-order valence-electron chi connectivity index (χ0n) is 30.7. The van der Waals surface area contributed by atoms with Crippen LogP contribution in [0.2, 0.25) is 0 Å². The van der Waals surface area contributed by atoms with Crippen molar-refractivity contribution in [3.05, 3.63) is 194 Å². The maximum atomic E-state index is 5.44. The van der Waals surface area contributed by atoms with Crippen molar-refractivity contribution in [3.8, 4) is 67.7 Å². The number of thiophene rings is 1. The zero-order valence-corrected chi connectivity index (χ0v) is 31.5. The molecule has 11 rings (SSSR count). The van der Waals surface area contributed by atoms with Gasteiger partial charge in [0.15, 0.2) is 11.6 Å². The first-order valence-corrected chi connectivity index (χ1v) is 19.9. The van der Waals surface area contributed by atoms with Crippen molar-refractivity contribution in [2.75, 3.05) is 0 Å². The summed E-state index contributed by atoms with van der Waals surface area (Å²) >= 11 is 1.71. The van der Waals surface area contributed by atoms with Gasteiger partial charge in [0.2, 0.25) is 0 Å². The molecule has 4 nitrogen and oxygen atoms in total. The second kappa shape index (κ2) is 13.7. The number of nitrogens with zero attached hydrogens (tertiary/aromatic N) is 4. The van der Waals surface area contributed by atoms with Crippen LogP contribution >= 0.6 is 11.3 Å². The van der Waals surface area contributed by atoms with Crippen LogP contribution in [-0.4, -0.2) is 19.9 Å². The van der Waals surface area contributed by atoms with Crippen LogP contribution in [0, 0.1) is 0 Å². The van der Waals surface area contributed by atoms with Gasteiger partial charge in [0.05, 0.1) is 17.1 Å². The average Bonchev–Trinajstić information content (AvgIpc) is 3.68. The fourth-order valence-corrected chi connectivity index (χ4v) is 9.05. The molecule has 0 aliphatic heterocycles. The van der Waals surface area contributed by atoms with Crippen LogP contribution in [0.5, 0.6) is 0 Å². The Kier molecular flexibility index (Phi) is 7.97. The largest absolute Gasteiger partial charge is 0.228 e. The monoisotopic (exact) mass is 744 g/mol. The molecule has 266 valence electrons. The van der Waals surface area contributed by atoms with Crippen molar-refractivity contribution in [3.63, 3.8) is 0 Å². The standard InChI is InChI=1S/C52H32N4S/c1-4-16-33(17-5-1)45-32-46(54-50(53-45)35-20-8-3-9-21-35)38-28-37(44-31-36-22-10-11-23-40(36)41-24-12-13-25-42(41)44)29-39(30-38)51-55-49(34-18-6-2-7-19-34)48-43-26-14-15-27-47(43)57-52(48)56-51/h1-32H. The normalized spacial score (nSPS) is 11.5. The molecule has 0 saturated carbocycles. The van der Waals surface area contributed by atoms with Gasteiger partial charge in [0, 0.05) is 43.3 Å². The van der Waals surface area contributed by atoms with Crippen LogP contribution in [0.1, 0.15) is 0 Å². The Labute approximate surface area is 333 Å². The van der Waals surface area contributed by atoms with E-state index in [2.05, 4.69) is 164 Å². The summed E-state index contributed by atoms with van der Waals surface area (Å²) in [7, 11) is 0. The summed E-state index contributed by atoms with van der Waals surface area (Å²) in [6, 6.07) is 68.0. The molecule has 11 aromatic rings. The number of aromatic nitrogens is 4. The molecule has 0 amide bonds. The summed E-state index contributed by atoms with van der Waals surface area (Å²) in [6.45, 7) is 0. The van der Waals surface area contributed by atoms with Crippen LogP contribution in [0.25, 0.3) is 110 Å². The van der Waals surface area contributed by atoms with Gasteiger partial charge < -0.3 is 0 Å². The molecule has 0 aliphatic carbocycles. The second-order valence-electron chi connectivity index (χ2n) is 14.2. The van der Waals surface area contributed by atoms with Gasteiger partial charge in [0.1, 0.15) is 4.83 Å².